The number of aromatic nitrogens is 2. The van der Waals surface area contributed by atoms with Crippen molar-refractivity contribution in [2.45, 2.75) is 44.6 Å². The van der Waals surface area contributed by atoms with Gasteiger partial charge >= 0.3 is 5.97 Å². The van der Waals surface area contributed by atoms with Crippen molar-refractivity contribution in [2.24, 2.45) is 0 Å². The van der Waals surface area contributed by atoms with Crippen LogP contribution in [0.4, 0.5) is 0 Å². The lowest BCUT2D eigenvalue weighted by Crippen LogP contribution is -2.34. The average Bonchev–Trinajstić information content (AvgIpc) is 3.29. The molecule has 0 saturated heterocycles. The van der Waals surface area contributed by atoms with Crippen LogP contribution < -0.4 is 5.56 Å². The molecule has 0 bridgehead atoms. The summed E-state index contributed by atoms with van der Waals surface area (Å²) >= 11 is 7.39. The molecule has 3 aromatic rings. The maximum Gasteiger partial charge on any atom is 0.316 e. The van der Waals surface area contributed by atoms with E-state index >= 15 is 0 Å². The highest BCUT2D eigenvalue weighted by atomic mass is 35.5. The van der Waals surface area contributed by atoms with E-state index < -0.39 is 5.41 Å². The molecule has 4 rings (SSSR count). The molecule has 140 valence electrons. The Kier molecular flexibility index (Phi) is 4.78. The number of ether oxygens (including phenoxy) is 1. The fraction of sp³-hybridized carbons (Fsp3) is 0.350. The van der Waals surface area contributed by atoms with E-state index in [1.54, 1.807) is 16.5 Å². The highest BCUT2D eigenvalue weighted by Crippen LogP contribution is 2.42. The fourth-order valence-electron chi connectivity index (χ4n) is 3.81. The predicted molar refractivity (Wildman–Crippen MR) is 105 cm³/mol. The van der Waals surface area contributed by atoms with Gasteiger partial charge in [-0.05, 0) is 37.5 Å². The Balaban J connectivity index is 1.57. The van der Waals surface area contributed by atoms with Crippen molar-refractivity contribution in [3.05, 3.63) is 68.0 Å². The second-order valence-electron chi connectivity index (χ2n) is 6.95. The summed E-state index contributed by atoms with van der Waals surface area (Å²) in [5, 5.41) is 2.53. The summed E-state index contributed by atoms with van der Waals surface area (Å²) in [6.07, 6.45) is 3.48. The van der Waals surface area contributed by atoms with E-state index in [1.165, 1.54) is 17.4 Å². The number of hydrogen-bond donors (Lipinski definition) is 0. The van der Waals surface area contributed by atoms with E-state index in [4.69, 9.17) is 16.3 Å². The largest absolute Gasteiger partial charge is 0.458 e. The summed E-state index contributed by atoms with van der Waals surface area (Å²) in [4.78, 5) is 30.4. The highest BCUT2D eigenvalue weighted by Gasteiger charge is 2.44. The Labute approximate surface area is 165 Å². The number of fused-ring (bicyclic) bond motifs is 1. The molecule has 2 aromatic heterocycles. The molecule has 1 aromatic carbocycles. The van der Waals surface area contributed by atoms with Gasteiger partial charge in [-0.15, -0.1) is 11.3 Å². The van der Waals surface area contributed by atoms with Gasteiger partial charge in [-0.3, -0.25) is 14.0 Å². The summed E-state index contributed by atoms with van der Waals surface area (Å²) in [5.74, 6) is -0.258. The molecular formula is C20H19ClN2O3S. The van der Waals surface area contributed by atoms with E-state index in [1.807, 2.05) is 24.4 Å². The Bertz CT molecular complexity index is 1050. The van der Waals surface area contributed by atoms with Gasteiger partial charge in [0.15, 0.2) is 4.96 Å². The van der Waals surface area contributed by atoms with Crippen molar-refractivity contribution in [1.29, 1.82) is 0 Å². The molecule has 0 atom stereocenters. The molecule has 1 aliphatic rings. The summed E-state index contributed by atoms with van der Waals surface area (Å²) in [6, 6.07) is 8.85. The second-order valence-corrected chi connectivity index (χ2v) is 8.23. The number of carbonyl (C=O) groups excluding carboxylic acids is 1. The van der Waals surface area contributed by atoms with Crippen LogP contribution >= 0.6 is 22.9 Å². The average molecular weight is 403 g/mol. The Morgan fingerprint density at radius 1 is 1.30 bits per heavy atom. The topological polar surface area (TPSA) is 60.7 Å². The molecule has 0 aliphatic heterocycles. The first-order chi connectivity index (χ1) is 13.0. The summed E-state index contributed by atoms with van der Waals surface area (Å²) in [5.41, 5.74) is 1.47. The summed E-state index contributed by atoms with van der Waals surface area (Å²) in [7, 11) is 0. The van der Waals surface area contributed by atoms with Crippen molar-refractivity contribution >= 4 is 33.9 Å². The number of benzene rings is 1. The van der Waals surface area contributed by atoms with Crippen molar-refractivity contribution in [3.8, 4) is 0 Å². The monoisotopic (exact) mass is 402 g/mol. The highest BCUT2D eigenvalue weighted by molar-refractivity contribution is 7.15. The maximum absolute atomic E-state index is 13.0. The Hall–Kier alpha value is -2.18. The maximum atomic E-state index is 13.0. The number of esters is 1. The third kappa shape index (κ3) is 3.28. The van der Waals surface area contributed by atoms with Crippen LogP contribution in [0.5, 0.6) is 0 Å². The Morgan fingerprint density at radius 3 is 2.70 bits per heavy atom. The number of hydrogen-bond acceptors (Lipinski definition) is 5. The zero-order chi connectivity index (χ0) is 19.0. The van der Waals surface area contributed by atoms with Gasteiger partial charge in [0.05, 0.1) is 11.1 Å². The van der Waals surface area contributed by atoms with Crippen LogP contribution in [-0.4, -0.2) is 15.4 Å². The van der Waals surface area contributed by atoms with Crippen LogP contribution in [0.2, 0.25) is 5.02 Å². The standard InChI is InChI=1S/C20H19ClN2O3S/c1-13-12-27-19-22-16(10-17(24)23(13)19)11-26-18(25)20(8-2-3-9-20)14-4-6-15(21)7-5-14/h4-7,10,12H,2-3,8-9,11H2,1H3. The van der Waals surface area contributed by atoms with Gasteiger partial charge in [0.1, 0.15) is 6.61 Å². The van der Waals surface area contributed by atoms with Crippen molar-refractivity contribution in [2.75, 3.05) is 0 Å². The van der Waals surface area contributed by atoms with Crippen LogP contribution in [0.15, 0.2) is 40.5 Å². The SMILES string of the molecule is Cc1csc2nc(COC(=O)C3(c4ccc(Cl)cc4)CCCC3)cc(=O)n12. The minimum atomic E-state index is -0.636. The number of nitrogens with zero attached hydrogens (tertiary/aromatic N) is 2. The third-order valence-electron chi connectivity index (χ3n) is 5.22. The molecule has 5 nitrogen and oxygen atoms in total. The number of thiazole rings is 1. The molecule has 1 aliphatic carbocycles. The van der Waals surface area contributed by atoms with Crippen molar-refractivity contribution in [1.82, 2.24) is 9.38 Å². The molecule has 7 heteroatoms. The van der Waals surface area contributed by atoms with Crippen LogP contribution in [0.25, 0.3) is 4.96 Å². The van der Waals surface area contributed by atoms with E-state index in [9.17, 15) is 9.59 Å². The lowest BCUT2D eigenvalue weighted by Gasteiger charge is -2.27. The summed E-state index contributed by atoms with van der Waals surface area (Å²) in [6.45, 7) is 1.86. The number of halogens is 1. The lowest BCUT2D eigenvalue weighted by molar-refractivity contribution is -0.152. The molecule has 27 heavy (non-hydrogen) atoms. The minimum absolute atomic E-state index is 0.00311. The zero-order valence-electron chi connectivity index (χ0n) is 14.9. The molecule has 0 radical (unpaired) electrons. The summed E-state index contributed by atoms with van der Waals surface area (Å²) < 4.78 is 7.19. The van der Waals surface area contributed by atoms with E-state index in [2.05, 4.69) is 4.98 Å². The van der Waals surface area contributed by atoms with Gasteiger partial charge in [0.2, 0.25) is 0 Å². The van der Waals surface area contributed by atoms with E-state index in [0.717, 1.165) is 36.9 Å². The van der Waals surface area contributed by atoms with Gasteiger partial charge in [0.25, 0.3) is 5.56 Å². The zero-order valence-corrected chi connectivity index (χ0v) is 16.5. The molecular weight excluding hydrogens is 384 g/mol. The van der Waals surface area contributed by atoms with Crippen LogP contribution in [0.3, 0.4) is 0 Å². The van der Waals surface area contributed by atoms with E-state index in [0.29, 0.717) is 15.7 Å². The van der Waals surface area contributed by atoms with Crippen LogP contribution in [-0.2, 0) is 21.6 Å². The van der Waals surface area contributed by atoms with Gasteiger partial charge < -0.3 is 4.74 Å². The van der Waals surface area contributed by atoms with Crippen molar-refractivity contribution < 1.29 is 9.53 Å². The number of rotatable bonds is 4. The van der Waals surface area contributed by atoms with Crippen molar-refractivity contribution in [3.63, 3.8) is 0 Å². The second kappa shape index (κ2) is 7.09. The molecule has 0 N–H and O–H groups in total. The molecule has 1 saturated carbocycles. The molecule has 0 unspecified atom stereocenters. The van der Waals surface area contributed by atoms with Gasteiger partial charge in [-0.25, -0.2) is 4.98 Å². The quantitative estimate of drug-likeness (QED) is 0.611. The molecule has 0 spiro atoms. The predicted octanol–water partition coefficient (Wildman–Crippen LogP) is 4.27. The first-order valence-electron chi connectivity index (χ1n) is 8.90. The first kappa shape index (κ1) is 18.2. The van der Waals surface area contributed by atoms with Gasteiger partial charge in [-0.1, -0.05) is 36.6 Å². The Morgan fingerprint density at radius 2 is 2.00 bits per heavy atom. The minimum Gasteiger partial charge on any atom is -0.458 e. The van der Waals surface area contributed by atoms with Crippen LogP contribution in [0.1, 0.15) is 42.6 Å². The molecule has 2 heterocycles. The van der Waals surface area contributed by atoms with Crippen LogP contribution in [0, 0.1) is 6.92 Å². The third-order valence-corrected chi connectivity index (χ3v) is 6.42. The lowest BCUT2D eigenvalue weighted by atomic mass is 9.79. The fourth-order valence-corrected chi connectivity index (χ4v) is 4.83. The number of carbonyl (C=O) groups is 1. The normalized spacial score (nSPS) is 15.9. The van der Waals surface area contributed by atoms with Gasteiger partial charge in [-0.2, -0.15) is 0 Å². The smallest absolute Gasteiger partial charge is 0.316 e. The molecule has 0 amide bonds. The number of aryl methyl sites for hydroxylation is 1. The molecule has 1 fully saturated rings. The van der Waals surface area contributed by atoms with Gasteiger partial charge in [0, 0.05) is 22.2 Å². The first-order valence-corrected chi connectivity index (χ1v) is 10.2. The van der Waals surface area contributed by atoms with E-state index in [-0.39, 0.29) is 18.1 Å².